The number of aromatic nitrogens is 2. The van der Waals surface area contributed by atoms with Gasteiger partial charge in [0.2, 0.25) is 0 Å². The number of anilines is 2. The maximum absolute atomic E-state index is 9.56. The van der Waals surface area contributed by atoms with E-state index in [0.717, 1.165) is 0 Å². The molecule has 2 aromatic heterocycles. The average Bonchev–Trinajstić information content (AvgIpc) is 2.77. The number of aliphatic hydroxyl groups is 1. The van der Waals surface area contributed by atoms with E-state index in [-0.39, 0.29) is 5.71 Å². The van der Waals surface area contributed by atoms with E-state index in [4.69, 9.17) is 39.1 Å². The number of ether oxygens (including phenoxy) is 1. The van der Waals surface area contributed by atoms with Crippen LogP contribution in [-0.4, -0.2) is 40.0 Å². The van der Waals surface area contributed by atoms with Crippen LogP contribution >= 0.6 is 23.2 Å². The third kappa shape index (κ3) is 4.57. The van der Waals surface area contributed by atoms with Gasteiger partial charge in [-0.05, 0) is 31.2 Å². The smallest absolute Gasteiger partial charge is 0.146 e. The second-order valence-corrected chi connectivity index (χ2v) is 8.48. The second kappa shape index (κ2) is 9.24. The fourth-order valence-corrected chi connectivity index (χ4v) is 4.28. The Balaban J connectivity index is 1.60. The Morgan fingerprint density at radius 3 is 2.61 bits per heavy atom. The molecule has 1 aliphatic rings. The number of nitrogen functional groups attached to an aromatic ring is 1. The SMILES string of the molecule is C[C@@H](Oc1ccc(N)c(C(=N)c2cnc(N3CC(O)C3)c(C#N)c2)c1)c1c(Cl)cncc1Cl. The van der Waals surface area contributed by atoms with Crippen LogP contribution in [0, 0.1) is 16.7 Å². The lowest BCUT2D eigenvalue weighted by Crippen LogP contribution is -2.51. The van der Waals surface area contributed by atoms with Crippen LogP contribution in [0.4, 0.5) is 11.5 Å². The lowest BCUT2D eigenvalue weighted by molar-refractivity contribution is 0.141. The quantitative estimate of drug-likeness (QED) is 0.357. The molecule has 168 valence electrons. The first-order valence-electron chi connectivity index (χ1n) is 10.1. The molecule has 0 saturated carbocycles. The molecule has 0 bridgehead atoms. The van der Waals surface area contributed by atoms with Crippen LogP contribution in [-0.2, 0) is 0 Å². The predicted octanol–water partition coefficient (Wildman–Crippen LogP) is 3.97. The zero-order valence-corrected chi connectivity index (χ0v) is 19.1. The number of nitriles is 1. The Morgan fingerprint density at radius 1 is 1.27 bits per heavy atom. The minimum Gasteiger partial charge on any atom is -0.486 e. The molecule has 10 heteroatoms. The summed E-state index contributed by atoms with van der Waals surface area (Å²) >= 11 is 12.5. The minimum absolute atomic E-state index is 0.102. The molecular weight excluding hydrogens is 463 g/mol. The molecule has 3 aromatic rings. The van der Waals surface area contributed by atoms with Gasteiger partial charge in [-0.1, -0.05) is 23.2 Å². The maximum atomic E-state index is 9.56. The van der Waals surface area contributed by atoms with Crippen molar-refractivity contribution in [3.05, 3.63) is 75.2 Å². The van der Waals surface area contributed by atoms with Crippen molar-refractivity contribution in [2.75, 3.05) is 23.7 Å². The first-order chi connectivity index (χ1) is 15.8. The second-order valence-electron chi connectivity index (χ2n) is 7.67. The summed E-state index contributed by atoms with van der Waals surface area (Å²) in [5.41, 5.74) is 8.43. The molecule has 1 saturated heterocycles. The van der Waals surface area contributed by atoms with E-state index in [1.54, 1.807) is 24.3 Å². The summed E-state index contributed by atoms with van der Waals surface area (Å²) in [5, 5.41) is 28.5. The molecule has 4 N–H and O–H groups in total. The third-order valence-corrected chi connectivity index (χ3v) is 5.94. The molecule has 1 aromatic carbocycles. The molecule has 1 aliphatic heterocycles. The van der Waals surface area contributed by atoms with Gasteiger partial charge >= 0.3 is 0 Å². The van der Waals surface area contributed by atoms with Crippen molar-refractivity contribution in [3.8, 4) is 11.8 Å². The largest absolute Gasteiger partial charge is 0.486 e. The van der Waals surface area contributed by atoms with Crippen LogP contribution in [0.5, 0.6) is 5.75 Å². The number of benzene rings is 1. The van der Waals surface area contributed by atoms with Gasteiger partial charge in [0.25, 0.3) is 0 Å². The predicted molar refractivity (Wildman–Crippen MR) is 127 cm³/mol. The Labute approximate surface area is 200 Å². The van der Waals surface area contributed by atoms with Gasteiger partial charge in [-0.2, -0.15) is 5.26 Å². The molecule has 0 unspecified atom stereocenters. The highest BCUT2D eigenvalue weighted by Crippen LogP contribution is 2.33. The van der Waals surface area contributed by atoms with Crippen LogP contribution < -0.4 is 15.4 Å². The Morgan fingerprint density at radius 2 is 1.97 bits per heavy atom. The Bertz CT molecular complexity index is 1250. The van der Waals surface area contributed by atoms with E-state index in [2.05, 4.69) is 16.0 Å². The molecule has 0 radical (unpaired) electrons. The highest BCUT2D eigenvalue weighted by Gasteiger charge is 2.28. The number of nitrogens with two attached hydrogens (primary N) is 1. The monoisotopic (exact) mass is 482 g/mol. The van der Waals surface area contributed by atoms with Gasteiger partial charge < -0.3 is 20.5 Å². The molecule has 1 atom stereocenters. The van der Waals surface area contributed by atoms with Gasteiger partial charge in [-0.15, -0.1) is 0 Å². The van der Waals surface area contributed by atoms with Crippen LogP contribution in [0.3, 0.4) is 0 Å². The van der Waals surface area contributed by atoms with Gasteiger partial charge in [0.1, 0.15) is 23.7 Å². The fourth-order valence-electron chi connectivity index (χ4n) is 3.61. The summed E-state index contributed by atoms with van der Waals surface area (Å²) in [6, 6.07) is 8.72. The van der Waals surface area contributed by atoms with Crippen molar-refractivity contribution in [1.29, 1.82) is 10.7 Å². The summed E-state index contributed by atoms with van der Waals surface area (Å²) in [5.74, 6) is 0.962. The van der Waals surface area contributed by atoms with E-state index < -0.39 is 12.2 Å². The van der Waals surface area contributed by atoms with Crippen molar-refractivity contribution in [2.24, 2.45) is 0 Å². The fraction of sp³-hybridized carbons (Fsp3) is 0.217. The van der Waals surface area contributed by atoms with Gasteiger partial charge in [0.15, 0.2) is 0 Å². The van der Waals surface area contributed by atoms with E-state index in [1.807, 2.05) is 11.8 Å². The number of aliphatic hydroxyl groups excluding tert-OH is 1. The van der Waals surface area contributed by atoms with Crippen LogP contribution in [0.2, 0.25) is 10.0 Å². The molecule has 0 aliphatic carbocycles. The number of β-amino-alcohol motifs (C(OH)–C–C–N with tert-alkyl or cyclic N) is 1. The normalized spacial score (nSPS) is 14.3. The van der Waals surface area contributed by atoms with Crippen molar-refractivity contribution < 1.29 is 9.84 Å². The molecule has 33 heavy (non-hydrogen) atoms. The minimum atomic E-state index is -0.475. The summed E-state index contributed by atoms with van der Waals surface area (Å²) in [7, 11) is 0. The number of halogens is 2. The third-order valence-electron chi connectivity index (χ3n) is 5.34. The standard InChI is InChI=1S/C23H20Cl2N6O2/c1-12(21-18(24)8-29-9-19(21)25)33-16-2-3-20(27)17(5-16)22(28)14-4-13(6-26)23(30-7-14)31-10-15(32)11-31/h2-5,7-9,12,15,28,32H,10-11,27H2,1H3/t12-/m1/s1. The van der Waals surface area contributed by atoms with Gasteiger partial charge in [-0.3, -0.25) is 10.4 Å². The molecule has 0 amide bonds. The van der Waals surface area contributed by atoms with E-state index >= 15 is 0 Å². The zero-order valence-electron chi connectivity index (χ0n) is 17.6. The molecule has 3 heterocycles. The van der Waals surface area contributed by atoms with Crippen molar-refractivity contribution in [3.63, 3.8) is 0 Å². The maximum Gasteiger partial charge on any atom is 0.146 e. The first kappa shape index (κ1) is 22.8. The summed E-state index contributed by atoms with van der Waals surface area (Å²) < 4.78 is 6.02. The van der Waals surface area contributed by atoms with Gasteiger partial charge in [0.05, 0.1) is 27.4 Å². The number of nitrogens with one attached hydrogen (secondary N) is 1. The highest BCUT2D eigenvalue weighted by atomic mass is 35.5. The van der Waals surface area contributed by atoms with Crippen LogP contribution in [0.1, 0.15) is 35.3 Å². The van der Waals surface area contributed by atoms with Crippen LogP contribution in [0.15, 0.2) is 42.9 Å². The average molecular weight is 483 g/mol. The molecule has 8 nitrogen and oxygen atoms in total. The molecule has 0 spiro atoms. The van der Waals surface area contributed by atoms with Gasteiger partial charge in [-0.25, -0.2) is 4.98 Å². The van der Waals surface area contributed by atoms with E-state index in [0.29, 0.717) is 62.6 Å². The zero-order chi connectivity index (χ0) is 23.7. The lowest BCUT2D eigenvalue weighted by atomic mass is 10.00. The van der Waals surface area contributed by atoms with E-state index in [9.17, 15) is 10.4 Å². The molecule has 4 rings (SSSR count). The van der Waals surface area contributed by atoms with E-state index in [1.165, 1.54) is 18.6 Å². The number of hydrogen-bond acceptors (Lipinski definition) is 8. The molecule has 1 fully saturated rings. The molecular formula is C23H20Cl2N6O2. The lowest BCUT2D eigenvalue weighted by Gasteiger charge is -2.37. The number of pyridine rings is 2. The van der Waals surface area contributed by atoms with Gasteiger partial charge in [0, 0.05) is 54.1 Å². The number of hydrogen-bond donors (Lipinski definition) is 3. The topological polar surface area (TPSA) is 132 Å². The van der Waals surface area contributed by atoms with Crippen molar-refractivity contribution >= 4 is 40.4 Å². The van der Waals surface area contributed by atoms with Crippen molar-refractivity contribution in [1.82, 2.24) is 9.97 Å². The summed E-state index contributed by atoms with van der Waals surface area (Å²) in [4.78, 5) is 10.1. The Kier molecular flexibility index (Phi) is 6.38. The summed E-state index contributed by atoms with van der Waals surface area (Å²) in [6.07, 6.45) is 3.62. The highest BCUT2D eigenvalue weighted by molar-refractivity contribution is 6.35. The van der Waals surface area contributed by atoms with Crippen molar-refractivity contribution in [2.45, 2.75) is 19.1 Å². The first-order valence-corrected chi connectivity index (χ1v) is 10.8. The number of rotatable bonds is 6. The Hall–Kier alpha value is -3.38. The number of nitrogens with zero attached hydrogens (tertiary/aromatic N) is 4. The summed E-state index contributed by atoms with van der Waals surface area (Å²) in [6.45, 7) is 2.66. The van der Waals surface area contributed by atoms with Crippen LogP contribution in [0.25, 0.3) is 0 Å².